The molecule has 2 heterocycles. The van der Waals surface area contributed by atoms with Gasteiger partial charge in [0.05, 0.1) is 24.3 Å². The summed E-state index contributed by atoms with van der Waals surface area (Å²) in [6.45, 7) is 0.701. The van der Waals surface area contributed by atoms with Crippen molar-refractivity contribution in [2.75, 3.05) is 37.1 Å². The Morgan fingerprint density at radius 1 is 1.33 bits per heavy atom. The second kappa shape index (κ2) is 6.84. The molecule has 1 aromatic heterocycles. The largest absolute Gasteiger partial charge is 0.497 e. The molecule has 1 aromatic carbocycles. The molecule has 1 fully saturated rings. The summed E-state index contributed by atoms with van der Waals surface area (Å²) in [6, 6.07) is 9.76. The lowest BCUT2D eigenvalue weighted by Crippen LogP contribution is -2.34. The number of aromatic nitrogens is 2. The molecule has 0 saturated carbocycles. The van der Waals surface area contributed by atoms with Gasteiger partial charge in [-0.25, -0.2) is 8.42 Å². The van der Waals surface area contributed by atoms with Crippen molar-refractivity contribution in [2.24, 2.45) is 5.92 Å². The van der Waals surface area contributed by atoms with Crippen molar-refractivity contribution in [3.05, 3.63) is 30.3 Å². The van der Waals surface area contributed by atoms with Crippen LogP contribution in [0.5, 0.6) is 5.75 Å². The van der Waals surface area contributed by atoms with E-state index in [1.807, 2.05) is 42.3 Å². The molecule has 7 heteroatoms. The molecule has 1 N–H and O–H groups in total. The van der Waals surface area contributed by atoms with Gasteiger partial charge in [-0.05, 0) is 48.6 Å². The van der Waals surface area contributed by atoms with Crippen LogP contribution in [0.15, 0.2) is 30.3 Å². The standard InChI is InChI=1S/C17H23N3O3S/c1-20(11-13-4-3-9-24(21,22)12-13)17-10-16(18-19-17)14-5-7-15(23-2)8-6-14/h5-8,10,13H,3-4,9,11-12H2,1-2H3,(H,18,19). The normalized spacial score (nSPS) is 19.8. The number of hydrogen-bond donors (Lipinski definition) is 1. The van der Waals surface area contributed by atoms with E-state index in [-0.39, 0.29) is 11.7 Å². The summed E-state index contributed by atoms with van der Waals surface area (Å²) in [6.07, 6.45) is 1.72. The quantitative estimate of drug-likeness (QED) is 0.897. The molecule has 130 valence electrons. The number of sulfone groups is 1. The summed E-state index contributed by atoms with van der Waals surface area (Å²) in [5, 5.41) is 7.40. The van der Waals surface area contributed by atoms with Crippen molar-refractivity contribution in [1.29, 1.82) is 0 Å². The number of nitrogens with zero attached hydrogens (tertiary/aromatic N) is 2. The summed E-state index contributed by atoms with van der Waals surface area (Å²) in [5.41, 5.74) is 1.96. The highest BCUT2D eigenvalue weighted by atomic mass is 32.2. The Labute approximate surface area is 142 Å². The molecular formula is C17H23N3O3S. The van der Waals surface area contributed by atoms with E-state index in [0.717, 1.165) is 35.7 Å². The highest BCUT2D eigenvalue weighted by Crippen LogP contribution is 2.25. The Morgan fingerprint density at radius 2 is 2.08 bits per heavy atom. The van der Waals surface area contributed by atoms with Gasteiger partial charge in [0.2, 0.25) is 0 Å². The summed E-state index contributed by atoms with van der Waals surface area (Å²) < 4.78 is 28.7. The van der Waals surface area contributed by atoms with Crippen molar-refractivity contribution in [3.8, 4) is 17.0 Å². The summed E-state index contributed by atoms with van der Waals surface area (Å²) in [5.74, 6) is 2.43. The monoisotopic (exact) mass is 349 g/mol. The summed E-state index contributed by atoms with van der Waals surface area (Å²) in [7, 11) is 0.725. The molecule has 6 nitrogen and oxygen atoms in total. The first-order chi connectivity index (χ1) is 11.5. The molecule has 0 radical (unpaired) electrons. The maximum absolute atomic E-state index is 11.8. The third-order valence-corrected chi connectivity index (χ3v) is 6.34. The van der Waals surface area contributed by atoms with E-state index < -0.39 is 9.84 Å². The number of benzene rings is 1. The number of hydrogen-bond acceptors (Lipinski definition) is 5. The fourth-order valence-electron chi connectivity index (χ4n) is 3.17. The molecule has 0 amide bonds. The van der Waals surface area contributed by atoms with Crippen molar-refractivity contribution < 1.29 is 13.2 Å². The minimum atomic E-state index is -2.87. The highest BCUT2D eigenvalue weighted by Gasteiger charge is 2.26. The number of methoxy groups -OCH3 is 1. The van der Waals surface area contributed by atoms with Gasteiger partial charge in [-0.2, -0.15) is 5.10 Å². The van der Waals surface area contributed by atoms with Crippen LogP contribution in [0.3, 0.4) is 0 Å². The molecule has 3 rings (SSSR count). The minimum Gasteiger partial charge on any atom is -0.497 e. The van der Waals surface area contributed by atoms with E-state index in [0.29, 0.717) is 12.3 Å². The van der Waals surface area contributed by atoms with Crippen LogP contribution in [0.1, 0.15) is 12.8 Å². The SMILES string of the molecule is COc1ccc(-c2cc(N(C)CC3CCCS(=O)(=O)C3)n[nH]2)cc1. The van der Waals surface area contributed by atoms with Gasteiger partial charge in [-0.15, -0.1) is 0 Å². The van der Waals surface area contributed by atoms with Gasteiger partial charge in [0.15, 0.2) is 15.7 Å². The van der Waals surface area contributed by atoms with Crippen molar-refractivity contribution in [1.82, 2.24) is 10.2 Å². The van der Waals surface area contributed by atoms with E-state index >= 15 is 0 Å². The van der Waals surface area contributed by atoms with Gasteiger partial charge in [0, 0.05) is 19.7 Å². The molecule has 0 bridgehead atoms. The van der Waals surface area contributed by atoms with Gasteiger partial charge in [0.1, 0.15) is 5.75 Å². The maximum Gasteiger partial charge on any atom is 0.150 e. The molecule has 1 aliphatic rings. The van der Waals surface area contributed by atoms with E-state index in [9.17, 15) is 8.42 Å². The van der Waals surface area contributed by atoms with Crippen LogP contribution in [0.4, 0.5) is 5.82 Å². The van der Waals surface area contributed by atoms with E-state index in [1.54, 1.807) is 7.11 Å². The lowest BCUT2D eigenvalue weighted by Gasteiger charge is -2.26. The predicted octanol–water partition coefficient (Wildman–Crippen LogP) is 2.35. The van der Waals surface area contributed by atoms with E-state index in [2.05, 4.69) is 10.2 Å². The van der Waals surface area contributed by atoms with E-state index in [4.69, 9.17) is 4.74 Å². The predicted molar refractivity (Wildman–Crippen MR) is 95.2 cm³/mol. The zero-order chi connectivity index (χ0) is 17.2. The zero-order valence-electron chi connectivity index (χ0n) is 14.0. The van der Waals surface area contributed by atoms with Crippen LogP contribution in [0.2, 0.25) is 0 Å². The molecular weight excluding hydrogens is 326 g/mol. The van der Waals surface area contributed by atoms with Crippen molar-refractivity contribution in [2.45, 2.75) is 12.8 Å². The van der Waals surface area contributed by atoms with Gasteiger partial charge in [-0.1, -0.05) is 0 Å². The number of rotatable bonds is 5. The number of aromatic amines is 1. The summed E-state index contributed by atoms with van der Waals surface area (Å²) >= 11 is 0. The van der Waals surface area contributed by atoms with Crippen LogP contribution in [0.25, 0.3) is 11.3 Å². The first kappa shape index (κ1) is 16.8. The smallest absolute Gasteiger partial charge is 0.150 e. The van der Waals surface area contributed by atoms with Crippen LogP contribution < -0.4 is 9.64 Å². The van der Waals surface area contributed by atoms with Crippen molar-refractivity contribution in [3.63, 3.8) is 0 Å². The summed E-state index contributed by atoms with van der Waals surface area (Å²) in [4.78, 5) is 2.02. The Balaban J connectivity index is 1.68. The fourth-order valence-corrected chi connectivity index (χ4v) is 4.93. The highest BCUT2D eigenvalue weighted by molar-refractivity contribution is 7.91. The van der Waals surface area contributed by atoms with Gasteiger partial charge >= 0.3 is 0 Å². The Hall–Kier alpha value is -2.02. The van der Waals surface area contributed by atoms with Crippen LogP contribution >= 0.6 is 0 Å². The van der Waals surface area contributed by atoms with E-state index in [1.165, 1.54) is 0 Å². The zero-order valence-corrected chi connectivity index (χ0v) is 14.8. The average Bonchev–Trinajstić information content (AvgIpc) is 3.04. The first-order valence-corrected chi connectivity index (χ1v) is 9.90. The molecule has 1 saturated heterocycles. The van der Waals surface area contributed by atoms with Crippen molar-refractivity contribution >= 4 is 15.7 Å². The topological polar surface area (TPSA) is 75.3 Å². The fraction of sp³-hybridized carbons (Fsp3) is 0.471. The Kier molecular flexibility index (Phi) is 4.80. The number of H-pyrrole nitrogens is 1. The van der Waals surface area contributed by atoms with Gasteiger partial charge < -0.3 is 9.64 Å². The number of ether oxygens (including phenoxy) is 1. The van der Waals surface area contributed by atoms with Crippen LogP contribution in [-0.4, -0.2) is 50.8 Å². The Bertz CT molecular complexity index is 784. The second-order valence-corrected chi connectivity index (χ2v) is 8.60. The molecule has 0 spiro atoms. The molecule has 2 aromatic rings. The lowest BCUT2D eigenvalue weighted by atomic mass is 10.1. The molecule has 1 unspecified atom stereocenters. The molecule has 0 aliphatic carbocycles. The minimum absolute atomic E-state index is 0.176. The van der Waals surface area contributed by atoms with Crippen LogP contribution in [0, 0.1) is 5.92 Å². The van der Waals surface area contributed by atoms with Gasteiger partial charge in [0.25, 0.3) is 0 Å². The maximum atomic E-state index is 11.8. The third kappa shape index (κ3) is 3.90. The molecule has 24 heavy (non-hydrogen) atoms. The third-order valence-electron chi connectivity index (χ3n) is 4.45. The second-order valence-electron chi connectivity index (χ2n) is 6.37. The molecule has 1 atom stereocenters. The molecule has 1 aliphatic heterocycles. The average molecular weight is 349 g/mol. The first-order valence-electron chi connectivity index (χ1n) is 8.08. The Morgan fingerprint density at radius 3 is 2.75 bits per heavy atom. The van der Waals surface area contributed by atoms with Gasteiger partial charge in [-0.3, -0.25) is 5.10 Å². The number of anilines is 1. The lowest BCUT2D eigenvalue weighted by molar-refractivity contribution is 0.415. The number of nitrogens with one attached hydrogen (secondary N) is 1. The van der Waals surface area contributed by atoms with Crippen LogP contribution in [-0.2, 0) is 9.84 Å².